The van der Waals surface area contributed by atoms with Gasteiger partial charge in [-0.25, -0.2) is 0 Å². The van der Waals surface area contributed by atoms with Crippen molar-refractivity contribution < 1.29 is 19.1 Å². The molecule has 0 saturated carbocycles. The molecule has 0 fully saturated rings. The largest absolute Gasteiger partial charge is 0.497 e. The minimum Gasteiger partial charge on any atom is -0.497 e. The molecule has 116 valence electrons. The maximum Gasteiger partial charge on any atom is 0.201 e. The Bertz CT molecular complexity index is 806. The van der Waals surface area contributed by atoms with E-state index < -0.39 is 0 Å². The molecule has 0 aliphatic heterocycles. The van der Waals surface area contributed by atoms with Crippen LogP contribution in [0.15, 0.2) is 58.6 Å². The summed E-state index contributed by atoms with van der Waals surface area (Å²) in [6.45, 7) is 0.0197. The van der Waals surface area contributed by atoms with Crippen molar-refractivity contribution in [1.82, 2.24) is 0 Å². The highest BCUT2D eigenvalue weighted by molar-refractivity contribution is 9.12. The molecule has 1 aliphatic carbocycles. The van der Waals surface area contributed by atoms with Crippen molar-refractivity contribution in [3.8, 4) is 11.5 Å². The minimum atomic E-state index is -0.200. The summed E-state index contributed by atoms with van der Waals surface area (Å²) < 4.78 is 11.0. The number of rotatable bonds is 4. The summed E-state index contributed by atoms with van der Waals surface area (Å²) in [6, 6.07) is 13.8. The molecular weight excluding hydrogens is 360 g/mol. The number of fused-ring (bicyclic) bond motifs is 1. The fraction of sp³-hybridized carbons (Fsp3) is 0.111. The quantitative estimate of drug-likeness (QED) is 0.818. The van der Waals surface area contributed by atoms with Gasteiger partial charge in [0.15, 0.2) is 5.78 Å². The second-order valence-corrected chi connectivity index (χ2v) is 5.75. The topological polar surface area (TPSA) is 52.6 Å². The van der Waals surface area contributed by atoms with Gasteiger partial charge in [-0.3, -0.25) is 9.59 Å². The normalized spacial score (nSPS) is 13.8. The molecule has 0 radical (unpaired) electrons. The highest BCUT2D eigenvalue weighted by Crippen LogP contribution is 2.30. The highest BCUT2D eigenvalue weighted by Gasteiger charge is 2.30. The summed E-state index contributed by atoms with van der Waals surface area (Å²) in [6.07, 6.45) is 0. The van der Waals surface area contributed by atoms with Gasteiger partial charge >= 0.3 is 0 Å². The van der Waals surface area contributed by atoms with Gasteiger partial charge in [-0.05, 0) is 40.2 Å². The van der Waals surface area contributed by atoms with Gasteiger partial charge in [-0.1, -0.05) is 24.3 Å². The molecule has 0 amide bonds. The number of benzene rings is 2. The summed E-state index contributed by atoms with van der Waals surface area (Å²) >= 11 is 3.24. The average molecular weight is 373 g/mol. The molecule has 0 heterocycles. The highest BCUT2D eigenvalue weighted by atomic mass is 79.9. The Morgan fingerprint density at radius 3 is 2.04 bits per heavy atom. The lowest BCUT2D eigenvalue weighted by Crippen LogP contribution is -2.23. The summed E-state index contributed by atoms with van der Waals surface area (Å²) in [5.41, 5.74) is 1.15. The second kappa shape index (κ2) is 6.38. The average Bonchev–Trinajstić information content (AvgIpc) is 2.60. The van der Waals surface area contributed by atoms with Crippen LogP contribution in [0.2, 0.25) is 0 Å². The molecule has 23 heavy (non-hydrogen) atoms. The SMILES string of the molecule is COc1ccc(OCC2=C(Br)C(=O)c3ccccc3C2=O)cc1. The van der Waals surface area contributed by atoms with Gasteiger partial charge in [0.1, 0.15) is 18.1 Å². The number of hydrogen-bond donors (Lipinski definition) is 0. The molecule has 0 N–H and O–H groups in total. The van der Waals surface area contributed by atoms with E-state index in [1.807, 2.05) is 0 Å². The molecule has 0 spiro atoms. The van der Waals surface area contributed by atoms with E-state index in [0.29, 0.717) is 22.4 Å². The lowest BCUT2D eigenvalue weighted by atomic mass is 9.90. The monoisotopic (exact) mass is 372 g/mol. The van der Waals surface area contributed by atoms with E-state index in [1.54, 1.807) is 55.6 Å². The number of carbonyl (C=O) groups excluding carboxylic acids is 2. The van der Waals surface area contributed by atoms with E-state index >= 15 is 0 Å². The molecule has 3 rings (SSSR count). The Morgan fingerprint density at radius 1 is 0.870 bits per heavy atom. The Morgan fingerprint density at radius 2 is 1.43 bits per heavy atom. The van der Waals surface area contributed by atoms with E-state index in [9.17, 15) is 9.59 Å². The van der Waals surface area contributed by atoms with E-state index in [4.69, 9.17) is 9.47 Å². The first-order valence-corrected chi connectivity index (χ1v) is 7.75. The molecule has 2 aromatic rings. The fourth-order valence-electron chi connectivity index (χ4n) is 2.35. The Kier molecular flexibility index (Phi) is 4.30. The predicted octanol–water partition coefficient (Wildman–Crippen LogP) is 3.80. The van der Waals surface area contributed by atoms with Crippen molar-refractivity contribution in [3.63, 3.8) is 0 Å². The minimum absolute atomic E-state index is 0.0197. The van der Waals surface area contributed by atoms with Crippen molar-refractivity contribution >= 4 is 27.5 Å². The van der Waals surface area contributed by atoms with Gasteiger partial charge in [-0.2, -0.15) is 0 Å². The first-order valence-electron chi connectivity index (χ1n) is 6.95. The zero-order valence-electron chi connectivity index (χ0n) is 12.3. The molecule has 0 bridgehead atoms. The third kappa shape index (κ3) is 2.92. The fourth-order valence-corrected chi connectivity index (χ4v) is 2.86. The lowest BCUT2D eigenvalue weighted by Gasteiger charge is -2.18. The van der Waals surface area contributed by atoms with Crippen LogP contribution in [0.3, 0.4) is 0 Å². The Balaban J connectivity index is 1.83. The number of allylic oxidation sites excluding steroid dienone is 1. The third-order valence-corrected chi connectivity index (χ3v) is 4.44. The van der Waals surface area contributed by atoms with Crippen LogP contribution in [0.25, 0.3) is 0 Å². The van der Waals surface area contributed by atoms with E-state index in [-0.39, 0.29) is 22.7 Å². The lowest BCUT2D eigenvalue weighted by molar-refractivity contribution is 0.0972. The van der Waals surface area contributed by atoms with Crippen LogP contribution in [0.1, 0.15) is 20.7 Å². The number of methoxy groups -OCH3 is 1. The van der Waals surface area contributed by atoms with Crippen molar-refractivity contribution in [2.75, 3.05) is 13.7 Å². The predicted molar refractivity (Wildman–Crippen MR) is 89.5 cm³/mol. The molecule has 0 unspecified atom stereocenters. The van der Waals surface area contributed by atoms with Crippen LogP contribution >= 0.6 is 15.9 Å². The van der Waals surface area contributed by atoms with Crippen LogP contribution in [0.5, 0.6) is 11.5 Å². The second-order valence-electron chi connectivity index (χ2n) is 4.96. The maximum atomic E-state index is 12.6. The molecule has 5 heteroatoms. The van der Waals surface area contributed by atoms with Gasteiger partial charge in [0.2, 0.25) is 5.78 Å². The van der Waals surface area contributed by atoms with Crippen molar-refractivity contribution in [2.45, 2.75) is 0 Å². The smallest absolute Gasteiger partial charge is 0.201 e. The Hall–Kier alpha value is -2.40. The zero-order valence-corrected chi connectivity index (χ0v) is 13.9. The third-order valence-electron chi connectivity index (χ3n) is 3.60. The summed E-state index contributed by atoms with van der Waals surface area (Å²) in [4.78, 5) is 24.9. The van der Waals surface area contributed by atoms with Crippen molar-refractivity contribution in [2.24, 2.45) is 0 Å². The number of ether oxygens (including phenoxy) is 2. The van der Waals surface area contributed by atoms with Gasteiger partial charge in [0, 0.05) is 11.1 Å². The number of halogens is 1. The number of ketones is 2. The van der Waals surface area contributed by atoms with Crippen molar-refractivity contribution in [3.05, 3.63) is 69.7 Å². The first kappa shape index (κ1) is 15.5. The van der Waals surface area contributed by atoms with Crippen LogP contribution < -0.4 is 9.47 Å². The molecule has 0 aromatic heterocycles. The summed E-state index contributed by atoms with van der Waals surface area (Å²) in [5.74, 6) is 0.919. The van der Waals surface area contributed by atoms with Gasteiger partial charge in [-0.15, -0.1) is 0 Å². The molecule has 4 nitrogen and oxygen atoms in total. The standard InChI is InChI=1S/C18H13BrO4/c1-22-11-6-8-12(9-7-11)23-10-15-16(19)18(21)14-5-3-2-4-13(14)17(15)20/h2-9H,10H2,1H3. The first-order chi connectivity index (χ1) is 11.1. The van der Waals surface area contributed by atoms with Gasteiger partial charge < -0.3 is 9.47 Å². The van der Waals surface area contributed by atoms with Crippen LogP contribution in [0.4, 0.5) is 0 Å². The van der Waals surface area contributed by atoms with Crippen LogP contribution in [-0.4, -0.2) is 25.3 Å². The van der Waals surface area contributed by atoms with Gasteiger partial charge in [0.05, 0.1) is 17.2 Å². The number of Topliss-reactive ketones (excluding diaryl/α,β-unsaturated/α-hetero) is 2. The van der Waals surface area contributed by atoms with Crippen LogP contribution in [0, 0.1) is 0 Å². The summed E-state index contributed by atoms with van der Waals surface area (Å²) in [5, 5.41) is 0. The molecule has 2 aromatic carbocycles. The van der Waals surface area contributed by atoms with Crippen LogP contribution in [-0.2, 0) is 0 Å². The van der Waals surface area contributed by atoms with E-state index in [0.717, 1.165) is 5.75 Å². The van der Waals surface area contributed by atoms with E-state index in [2.05, 4.69) is 15.9 Å². The van der Waals surface area contributed by atoms with E-state index in [1.165, 1.54) is 0 Å². The zero-order chi connectivity index (χ0) is 16.4. The molecular formula is C18H13BrO4. The summed E-state index contributed by atoms with van der Waals surface area (Å²) in [7, 11) is 1.58. The maximum absolute atomic E-state index is 12.6. The van der Waals surface area contributed by atoms with Crippen molar-refractivity contribution in [1.29, 1.82) is 0 Å². The van der Waals surface area contributed by atoms with Gasteiger partial charge in [0.25, 0.3) is 0 Å². The number of carbonyl (C=O) groups is 2. The molecule has 0 atom stereocenters. The Labute approximate surface area is 141 Å². The number of hydrogen-bond acceptors (Lipinski definition) is 4. The molecule has 0 saturated heterocycles. The molecule has 1 aliphatic rings.